The lowest BCUT2D eigenvalue weighted by Crippen LogP contribution is -2.41. The van der Waals surface area contributed by atoms with Gasteiger partial charge in [-0.25, -0.2) is 0 Å². The van der Waals surface area contributed by atoms with Gasteiger partial charge in [0.25, 0.3) is 0 Å². The lowest BCUT2D eigenvalue weighted by molar-refractivity contribution is -0.207. The SMILES string of the molecule is CCOC1(OCC)C=CC=CC1c1ccccc1C(=O)c1ccccc1. The molecule has 0 spiro atoms. The molecule has 2 aromatic rings. The van der Waals surface area contributed by atoms with Crippen LogP contribution in [0.2, 0.25) is 0 Å². The molecule has 3 nitrogen and oxygen atoms in total. The molecule has 0 heterocycles. The second-order valence-corrected chi connectivity index (χ2v) is 6.09. The molecule has 1 atom stereocenters. The maximum Gasteiger partial charge on any atom is 0.198 e. The van der Waals surface area contributed by atoms with Crippen molar-refractivity contribution in [1.29, 1.82) is 0 Å². The van der Waals surface area contributed by atoms with Gasteiger partial charge >= 0.3 is 0 Å². The summed E-state index contributed by atoms with van der Waals surface area (Å²) in [6, 6.07) is 17.1. The van der Waals surface area contributed by atoms with Crippen molar-refractivity contribution in [3.05, 3.63) is 95.6 Å². The van der Waals surface area contributed by atoms with Gasteiger partial charge in [-0.1, -0.05) is 72.8 Å². The van der Waals surface area contributed by atoms with Gasteiger partial charge in [-0.15, -0.1) is 0 Å². The van der Waals surface area contributed by atoms with E-state index in [0.29, 0.717) is 24.3 Å². The predicted molar refractivity (Wildman–Crippen MR) is 103 cm³/mol. The Hall–Kier alpha value is -2.49. The first-order valence-corrected chi connectivity index (χ1v) is 9.04. The molecule has 1 aliphatic rings. The second kappa shape index (κ2) is 8.26. The van der Waals surface area contributed by atoms with Crippen LogP contribution < -0.4 is 0 Å². The highest BCUT2D eigenvalue weighted by Gasteiger charge is 2.40. The van der Waals surface area contributed by atoms with Crippen LogP contribution in [0.1, 0.15) is 41.3 Å². The second-order valence-electron chi connectivity index (χ2n) is 6.09. The van der Waals surface area contributed by atoms with E-state index in [0.717, 1.165) is 5.56 Å². The van der Waals surface area contributed by atoms with Crippen molar-refractivity contribution in [3.63, 3.8) is 0 Å². The van der Waals surface area contributed by atoms with E-state index in [1.165, 1.54) is 0 Å². The summed E-state index contributed by atoms with van der Waals surface area (Å²) in [4.78, 5) is 13.1. The number of allylic oxidation sites excluding steroid dienone is 2. The molecule has 0 bridgehead atoms. The summed E-state index contributed by atoms with van der Waals surface area (Å²) >= 11 is 0. The van der Waals surface area contributed by atoms with Crippen molar-refractivity contribution in [2.24, 2.45) is 0 Å². The van der Waals surface area contributed by atoms with Crippen LogP contribution >= 0.6 is 0 Å². The molecule has 0 N–H and O–H groups in total. The van der Waals surface area contributed by atoms with Gasteiger partial charge in [0.2, 0.25) is 0 Å². The maximum absolute atomic E-state index is 13.1. The van der Waals surface area contributed by atoms with E-state index in [1.54, 1.807) is 0 Å². The molecule has 0 saturated heterocycles. The van der Waals surface area contributed by atoms with E-state index < -0.39 is 5.79 Å². The van der Waals surface area contributed by atoms with Crippen molar-refractivity contribution in [2.75, 3.05) is 13.2 Å². The quantitative estimate of drug-likeness (QED) is 0.527. The van der Waals surface area contributed by atoms with Gasteiger partial charge in [-0.05, 0) is 25.5 Å². The Labute approximate surface area is 155 Å². The largest absolute Gasteiger partial charge is 0.346 e. The van der Waals surface area contributed by atoms with Gasteiger partial charge in [0.05, 0.1) is 5.92 Å². The molecule has 0 saturated carbocycles. The summed E-state index contributed by atoms with van der Waals surface area (Å²) in [7, 11) is 0. The van der Waals surface area contributed by atoms with Crippen molar-refractivity contribution in [3.8, 4) is 0 Å². The van der Waals surface area contributed by atoms with Crippen molar-refractivity contribution >= 4 is 5.78 Å². The average molecular weight is 348 g/mol. The van der Waals surface area contributed by atoms with Gasteiger partial charge in [-0.2, -0.15) is 0 Å². The lowest BCUT2D eigenvalue weighted by Gasteiger charge is -2.38. The van der Waals surface area contributed by atoms with Crippen LogP contribution in [0.25, 0.3) is 0 Å². The van der Waals surface area contributed by atoms with Gasteiger partial charge in [0.1, 0.15) is 0 Å². The summed E-state index contributed by atoms with van der Waals surface area (Å²) < 4.78 is 12.1. The Morgan fingerprint density at radius 2 is 1.58 bits per heavy atom. The third-order valence-electron chi connectivity index (χ3n) is 4.49. The Balaban J connectivity index is 2.07. The van der Waals surface area contributed by atoms with Crippen LogP contribution in [0.4, 0.5) is 0 Å². The summed E-state index contributed by atoms with van der Waals surface area (Å²) in [6.07, 6.45) is 7.89. The number of hydrogen-bond acceptors (Lipinski definition) is 3. The van der Waals surface area contributed by atoms with E-state index >= 15 is 0 Å². The monoisotopic (exact) mass is 348 g/mol. The molecule has 26 heavy (non-hydrogen) atoms. The summed E-state index contributed by atoms with van der Waals surface area (Å²) in [5, 5.41) is 0. The first-order valence-electron chi connectivity index (χ1n) is 9.04. The molecule has 3 rings (SSSR count). The van der Waals surface area contributed by atoms with E-state index in [2.05, 4.69) is 0 Å². The van der Waals surface area contributed by atoms with Crippen LogP contribution in [0, 0.1) is 0 Å². The molecule has 0 fully saturated rings. The number of carbonyl (C=O) groups excluding carboxylic acids is 1. The zero-order valence-corrected chi connectivity index (χ0v) is 15.2. The Kier molecular flexibility index (Phi) is 5.82. The minimum atomic E-state index is -0.897. The first kappa shape index (κ1) is 18.3. The number of ether oxygens (including phenoxy) is 2. The highest BCUT2D eigenvalue weighted by atomic mass is 16.7. The summed E-state index contributed by atoms with van der Waals surface area (Å²) in [5.41, 5.74) is 2.25. The Morgan fingerprint density at radius 3 is 2.27 bits per heavy atom. The van der Waals surface area contributed by atoms with Crippen LogP contribution in [0.15, 0.2) is 78.9 Å². The highest BCUT2D eigenvalue weighted by molar-refractivity contribution is 6.10. The third-order valence-corrected chi connectivity index (χ3v) is 4.49. The molecule has 0 aromatic heterocycles. The topological polar surface area (TPSA) is 35.5 Å². The number of rotatable bonds is 7. The number of benzene rings is 2. The summed E-state index contributed by atoms with van der Waals surface area (Å²) in [5.74, 6) is -1.09. The molecular weight excluding hydrogens is 324 g/mol. The van der Waals surface area contributed by atoms with E-state index in [9.17, 15) is 4.79 Å². The van der Waals surface area contributed by atoms with Gasteiger partial charge < -0.3 is 9.47 Å². The minimum absolute atomic E-state index is 0.00560. The fourth-order valence-corrected chi connectivity index (χ4v) is 3.41. The molecule has 3 heteroatoms. The first-order chi connectivity index (χ1) is 12.7. The molecule has 0 amide bonds. The van der Waals surface area contributed by atoms with Gasteiger partial charge in [0.15, 0.2) is 11.6 Å². The maximum atomic E-state index is 13.1. The lowest BCUT2D eigenvalue weighted by atomic mass is 9.82. The predicted octanol–water partition coefficient (Wildman–Crippen LogP) is 4.90. The van der Waals surface area contributed by atoms with Crippen LogP contribution in [-0.4, -0.2) is 24.8 Å². The van der Waals surface area contributed by atoms with E-state index in [-0.39, 0.29) is 11.7 Å². The van der Waals surface area contributed by atoms with Gasteiger partial charge in [-0.3, -0.25) is 4.79 Å². The normalized spacial score (nSPS) is 18.0. The number of ketones is 1. The van der Waals surface area contributed by atoms with Crippen LogP contribution in [-0.2, 0) is 9.47 Å². The molecule has 134 valence electrons. The smallest absolute Gasteiger partial charge is 0.198 e. The fraction of sp³-hybridized carbons (Fsp3) is 0.261. The zero-order valence-electron chi connectivity index (χ0n) is 15.2. The van der Waals surface area contributed by atoms with E-state index in [1.807, 2.05) is 92.7 Å². The Morgan fingerprint density at radius 1 is 0.923 bits per heavy atom. The fourth-order valence-electron chi connectivity index (χ4n) is 3.41. The van der Waals surface area contributed by atoms with E-state index in [4.69, 9.17) is 9.47 Å². The molecular formula is C23H24O3. The van der Waals surface area contributed by atoms with Crippen molar-refractivity contribution < 1.29 is 14.3 Å². The molecule has 0 radical (unpaired) electrons. The standard InChI is InChI=1S/C23H24O3/c1-3-25-23(26-4-2)17-11-10-16-21(23)19-14-8-9-15-20(19)22(24)18-12-6-5-7-13-18/h5-17,21H,3-4H2,1-2H3. The zero-order chi connectivity index (χ0) is 18.4. The number of carbonyl (C=O) groups is 1. The molecule has 1 unspecified atom stereocenters. The third kappa shape index (κ3) is 3.55. The number of hydrogen-bond donors (Lipinski definition) is 0. The van der Waals surface area contributed by atoms with Gasteiger partial charge in [0, 0.05) is 24.3 Å². The Bertz CT molecular complexity index is 799. The summed E-state index contributed by atoms with van der Waals surface area (Å²) in [6.45, 7) is 4.93. The molecule has 2 aromatic carbocycles. The molecule has 0 aliphatic heterocycles. The van der Waals surface area contributed by atoms with Crippen LogP contribution in [0.5, 0.6) is 0 Å². The van der Waals surface area contributed by atoms with Crippen molar-refractivity contribution in [1.82, 2.24) is 0 Å². The van der Waals surface area contributed by atoms with Crippen LogP contribution in [0.3, 0.4) is 0 Å². The van der Waals surface area contributed by atoms with Crippen molar-refractivity contribution in [2.45, 2.75) is 25.6 Å². The average Bonchev–Trinajstić information content (AvgIpc) is 2.69. The highest BCUT2D eigenvalue weighted by Crippen LogP contribution is 2.39. The molecule has 1 aliphatic carbocycles. The minimum Gasteiger partial charge on any atom is -0.346 e.